The highest BCUT2D eigenvalue weighted by molar-refractivity contribution is 5.72. The van der Waals surface area contributed by atoms with Gasteiger partial charge in [-0.15, -0.1) is 0 Å². The predicted octanol–water partition coefficient (Wildman–Crippen LogP) is 1.96. The normalized spacial score (nSPS) is 9.28. The molecule has 0 spiro atoms. The summed E-state index contributed by atoms with van der Waals surface area (Å²) in [5.74, 6) is 3.63. The van der Waals surface area contributed by atoms with Crippen molar-refractivity contribution in [2.45, 2.75) is 13.3 Å². The second-order valence-electron chi connectivity index (χ2n) is 3.43. The molecule has 18 heavy (non-hydrogen) atoms. The van der Waals surface area contributed by atoms with Gasteiger partial charge in [0.2, 0.25) is 5.82 Å². The van der Waals surface area contributed by atoms with Gasteiger partial charge in [0.05, 0.1) is 12.0 Å². The first-order chi connectivity index (χ1) is 8.45. The molecule has 0 radical (unpaired) electrons. The third-order valence-electron chi connectivity index (χ3n) is 2.17. The lowest BCUT2D eigenvalue weighted by Crippen LogP contribution is -1.98. The highest BCUT2D eigenvalue weighted by atomic mass is 19.1. The van der Waals surface area contributed by atoms with Crippen LogP contribution in [0.2, 0.25) is 0 Å². The fourth-order valence-electron chi connectivity index (χ4n) is 1.22. The van der Waals surface area contributed by atoms with Crippen molar-refractivity contribution in [1.82, 2.24) is 0 Å². The maximum Gasteiger partial charge on any atom is 0.317 e. The van der Waals surface area contributed by atoms with Crippen LogP contribution in [0.3, 0.4) is 0 Å². The van der Waals surface area contributed by atoms with Crippen molar-refractivity contribution in [3.05, 3.63) is 39.2 Å². The summed E-state index contributed by atoms with van der Waals surface area (Å²) in [7, 11) is 1.24. The van der Waals surface area contributed by atoms with E-state index < -0.39 is 22.4 Å². The van der Waals surface area contributed by atoms with E-state index in [0.717, 1.165) is 12.1 Å². The summed E-state index contributed by atoms with van der Waals surface area (Å²) in [5, 5.41) is 10.5. The van der Waals surface area contributed by atoms with Crippen molar-refractivity contribution in [3.8, 4) is 11.8 Å². The van der Waals surface area contributed by atoms with Gasteiger partial charge in [-0.1, -0.05) is 11.8 Å². The third kappa shape index (κ3) is 3.28. The summed E-state index contributed by atoms with van der Waals surface area (Å²) in [4.78, 5) is 20.5. The smallest absolute Gasteiger partial charge is 0.317 e. The van der Waals surface area contributed by atoms with Gasteiger partial charge in [-0.2, -0.15) is 4.39 Å². The molecular formula is C12H10FNO4. The van der Waals surface area contributed by atoms with Gasteiger partial charge >= 0.3 is 11.7 Å². The van der Waals surface area contributed by atoms with Crippen molar-refractivity contribution >= 4 is 11.7 Å². The molecule has 0 amide bonds. The number of hydrogen-bond acceptors (Lipinski definition) is 4. The molecule has 0 saturated heterocycles. The Kier molecular flexibility index (Phi) is 4.38. The maximum atomic E-state index is 13.3. The maximum absolute atomic E-state index is 13.3. The Morgan fingerprint density at radius 3 is 2.78 bits per heavy atom. The number of methoxy groups -OCH3 is 1. The molecule has 0 aliphatic rings. The zero-order valence-corrected chi connectivity index (χ0v) is 9.82. The Morgan fingerprint density at radius 2 is 2.22 bits per heavy atom. The summed E-state index contributed by atoms with van der Waals surface area (Å²) >= 11 is 0. The number of ether oxygens (including phenoxy) is 1. The molecule has 0 saturated carbocycles. The molecule has 0 fully saturated rings. The monoisotopic (exact) mass is 251 g/mol. The van der Waals surface area contributed by atoms with Gasteiger partial charge in [0.15, 0.2) is 0 Å². The summed E-state index contributed by atoms with van der Waals surface area (Å²) in [6, 6.07) is 2.09. The van der Waals surface area contributed by atoms with Crippen LogP contribution >= 0.6 is 0 Å². The quantitative estimate of drug-likeness (QED) is 0.348. The topological polar surface area (TPSA) is 69.4 Å². The molecule has 6 heteroatoms. The standard InChI is InChI=1S/C12H10FNO4/c1-8-6-11(14(16)17)10(13)7-9(8)4-3-5-12(15)18-2/h6-7H,5H2,1-2H3. The van der Waals surface area contributed by atoms with Gasteiger partial charge in [0, 0.05) is 11.6 Å². The second-order valence-corrected chi connectivity index (χ2v) is 3.43. The third-order valence-corrected chi connectivity index (χ3v) is 2.17. The molecule has 0 N–H and O–H groups in total. The predicted molar refractivity (Wildman–Crippen MR) is 61.3 cm³/mol. The molecule has 5 nitrogen and oxygen atoms in total. The average molecular weight is 251 g/mol. The first-order valence-corrected chi connectivity index (χ1v) is 4.96. The van der Waals surface area contributed by atoms with Crippen LogP contribution in [0.4, 0.5) is 10.1 Å². The van der Waals surface area contributed by atoms with Crippen molar-refractivity contribution in [3.63, 3.8) is 0 Å². The number of nitrogens with zero attached hydrogens (tertiary/aromatic N) is 1. The van der Waals surface area contributed by atoms with Crippen LogP contribution < -0.4 is 0 Å². The van der Waals surface area contributed by atoms with Gasteiger partial charge in [-0.05, 0) is 18.6 Å². The molecule has 0 unspecified atom stereocenters. The van der Waals surface area contributed by atoms with Gasteiger partial charge in [0.25, 0.3) is 0 Å². The Hall–Kier alpha value is -2.42. The number of aryl methyl sites for hydroxylation is 1. The SMILES string of the molecule is COC(=O)CC#Cc1cc(F)c([N+](=O)[O-])cc1C. The number of hydrogen-bond donors (Lipinski definition) is 0. The molecule has 0 bridgehead atoms. The minimum Gasteiger partial charge on any atom is -0.468 e. The van der Waals surface area contributed by atoms with E-state index in [1.165, 1.54) is 7.11 Å². The molecule has 1 rings (SSSR count). The average Bonchev–Trinajstić information content (AvgIpc) is 2.32. The van der Waals surface area contributed by atoms with Crippen LogP contribution in [0.5, 0.6) is 0 Å². The Bertz CT molecular complexity index is 557. The van der Waals surface area contributed by atoms with Crippen molar-refractivity contribution in [2.24, 2.45) is 0 Å². The van der Waals surface area contributed by atoms with E-state index in [-0.39, 0.29) is 6.42 Å². The number of rotatable bonds is 2. The lowest BCUT2D eigenvalue weighted by Gasteiger charge is -1.99. The van der Waals surface area contributed by atoms with Gasteiger partial charge in [-0.3, -0.25) is 14.9 Å². The molecule has 1 aromatic carbocycles. The van der Waals surface area contributed by atoms with E-state index in [1.807, 2.05) is 0 Å². The van der Waals surface area contributed by atoms with Crippen LogP contribution in [0.15, 0.2) is 12.1 Å². The minimum atomic E-state index is -0.951. The number of esters is 1. The van der Waals surface area contributed by atoms with E-state index >= 15 is 0 Å². The molecule has 0 heterocycles. The van der Waals surface area contributed by atoms with Crippen molar-refractivity contribution in [2.75, 3.05) is 7.11 Å². The summed E-state index contributed by atoms with van der Waals surface area (Å²) in [5.41, 5.74) is 0.188. The van der Waals surface area contributed by atoms with E-state index in [0.29, 0.717) is 11.1 Å². The second kappa shape index (κ2) is 5.77. The summed E-state index contributed by atoms with van der Waals surface area (Å²) in [6.45, 7) is 1.58. The fraction of sp³-hybridized carbons (Fsp3) is 0.250. The van der Waals surface area contributed by atoms with Crippen LogP contribution in [0, 0.1) is 34.7 Å². The molecule has 0 aromatic heterocycles. The first-order valence-electron chi connectivity index (χ1n) is 4.96. The van der Waals surface area contributed by atoms with Crippen LogP contribution in [0.25, 0.3) is 0 Å². The summed E-state index contributed by atoms with van der Waals surface area (Å²) in [6.07, 6.45) is -0.117. The molecule has 0 aliphatic carbocycles. The van der Waals surface area contributed by atoms with Crippen molar-refractivity contribution in [1.29, 1.82) is 0 Å². The first kappa shape index (κ1) is 13.6. The number of carbonyl (C=O) groups excluding carboxylic acids is 1. The lowest BCUT2D eigenvalue weighted by atomic mass is 10.1. The van der Waals surface area contributed by atoms with Crippen molar-refractivity contribution < 1.29 is 18.8 Å². The van der Waals surface area contributed by atoms with E-state index in [4.69, 9.17) is 0 Å². The molecule has 0 aliphatic heterocycles. The molecule has 0 atom stereocenters. The zero-order valence-electron chi connectivity index (χ0n) is 9.82. The zero-order chi connectivity index (χ0) is 13.7. The summed E-state index contributed by atoms with van der Waals surface area (Å²) < 4.78 is 17.7. The van der Waals surface area contributed by atoms with Crippen LogP contribution in [-0.4, -0.2) is 18.0 Å². The Balaban J connectivity index is 3.02. The van der Waals surface area contributed by atoms with Crippen LogP contribution in [0.1, 0.15) is 17.5 Å². The largest absolute Gasteiger partial charge is 0.468 e. The van der Waals surface area contributed by atoms with E-state index in [2.05, 4.69) is 16.6 Å². The Labute approximate surface area is 103 Å². The number of nitro groups is 1. The van der Waals surface area contributed by atoms with Gasteiger partial charge < -0.3 is 4.74 Å². The van der Waals surface area contributed by atoms with Gasteiger partial charge in [-0.25, -0.2) is 0 Å². The van der Waals surface area contributed by atoms with E-state index in [1.54, 1.807) is 6.92 Å². The number of nitro benzene ring substituents is 1. The van der Waals surface area contributed by atoms with Gasteiger partial charge in [0.1, 0.15) is 6.42 Å². The molecule has 1 aromatic rings. The lowest BCUT2D eigenvalue weighted by molar-refractivity contribution is -0.387. The fourth-order valence-corrected chi connectivity index (χ4v) is 1.22. The highest BCUT2D eigenvalue weighted by Crippen LogP contribution is 2.21. The molecule has 94 valence electrons. The number of benzene rings is 1. The highest BCUT2D eigenvalue weighted by Gasteiger charge is 2.15. The van der Waals surface area contributed by atoms with E-state index in [9.17, 15) is 19.3 Å². The van der Waals surface area contributed by atoms with Crippen LogP contribution in [-0.2, 0) is 9.53 Å². The number of carbonyl (C=O) groups is 1. The number of halogens is 1. The minimum absolute atomic E-state index is 0.117. The molecular weight excluding hydrogens is 241 g/mol. The Morgan fingerprint density at radius 1 is 1.56 bits per heavy atom.